The number of aryl methyl sites for hydroxylation is 1. The fraction of sp³-hybridized carbons (Fsp3) is 0.320. The summed E-state index contributed by atoms with van der Waals surface area (Å²) in [6.07, 6.45) is 3.29. The van der Waals surface area contributed by atoms with Crippen molar-refractivity contribution in [1.82, 2.24) is 4.90 Å². The number of benzene rings is 2. The van der Waals surface area contributed by atoms with E-state index in [1.807, 2.05) is 37.3 Å². The van der Waals surface area contributed by atoms with Crippen molar-refractivity contribution in [3.8, 4) is 5.75 Å². The Morgan fingerprint density at radius 2 is 1.94 bits per heavy atom. The number of hydrogen-bond acceptors (Lipinski definition) is 3. The molecule has 0 spiro atoms. The van der Waals surface area contributed by atoms with E-state index in [1.54, 1.807) is 18.5 Å². The van der Waals surface area contributed by atoms with Gasteiger partial charge in [-0.2, -0.15) is 0 Å². The van der Waals surface area contributed by atoms with Crippen molar-refractivity contribution in [2.45, 2.75) is 40.2 Å². The number of hydrogen-bond donors (Lipinski definition) is 1. The van der Waals surface area contributed by atoms with E-state index in [2.05, 4.69) is 35.3 Å². The minimum atomic E-state index is -0.994. The summed E-state index contributed by atoms with van der Waals surface area (Å²) in [5, 5.41) is 9.47. The first-order chi connectivity index (χ1) is 15.3. The van der Waals surface area contributed by atoms with Crippen LogP contribution in [0.2, 0.25) is 5.02 Å². The zero-order valence-corrected chi connectivity index (χ0v) is 19.6. The topological polar surface area (TPSA) is 74.5 Å². The van der Waals surface area contributed by atoms with Crippen LogP contribution in [-0.4, -0.2) is 41.3 Å². The van der Waals surface area contributed by atoms with Gasteiger partial charge in [0.2, 0.25) is 0 Å². The average molecular weight is 456 g/mol. The number of amidine groups is 1. The van der Waals surface area contributed by atoms with Crippen LogP contribution in [0.3, 0.4) is 0 Å². The molecule has 170 valence electrons. The molecule has 0 saturated heterocycles. The first-order valence-corrected chi connectivity index (χ1v) is 10.9. The van der Waals surface area contributed by atoms with Crippen molar-refractivity contribution in [3.05, 3.63) is 70.8 Å². The number of rotatable bonds is 11. The van der Waals surface area contributed by atoms with Gasteiger partial charge < -0.3 is 14.7 Å². The lowest BCUT2D eigenvalue weighted by atomic mass is 10.1. The summed E-state index contributed by atoms with van der Waals surface area (Å²) in [6.45, 7) is 11.3. The molecular weight excluding hydrogens is 426 g/mol. The molecule has 0 radical (unpaired) electrons. The maximum absolute atomic E-state index is 10.7. The Kier molecular flexibility index (Phi) is 9.95. The molecule has 0 aromatic heterocycles. The van der Waals surface area contributed by atoms with E-state index >= 15 is 0 Å². The van der Waals surface area contributed by atoms with Crippen LogP contribution in [0.5, 0.6) is 5.75 Å². The molecule has 0 amide bonds. The van der Waals surface area contributed by atoms with Gasteiger partial charge in [0.1, 0.15) is 17.9 Å². The van der Waals surface area contributed by atoms with Gasteiger partial charge in [-0.15, -0.1) is 0 Å². The molecular formula is C25H30ClN3O3. The maximum atomic E-state index is 10.7. The van der Waals surface area contributed by atoms with Gasteiger partial charge in [-0.25, -0.2) is 14.8 Å². The maximum Gasteiger partial charge on any atom is 0.341 e. The number of aliphatic carboxylic acids is 1. The minimum absolute atomic E-state index is 0.352. The standard InChI is InChI=1S/C25H30ClN3O3/c1-5-13-29(15-20-7-12-23(18(3)14-20)32-16-25(30)31)24(6-2)28-17-27-19(4)21-8-10-22(26)11-9-21/h7-12,14,17H,4-6,13,15-16H2,1-3H3,(H,30,31). The normalized spacial score (nSPS) is 11.6. The van der Waals surface area contributed by atoms with Gasteiger partial charge in [0.15, 0.2) is 6.61 Å². The van der Waals surface area contributed by atoms with Gasteiger partial charge >= 0.3 is 5.97 Å². The van der Waals surface area contributed by atoms with Crippen LogP contribution in [0.1, 0.15) is 43.4 Å². The smallest absolute Gasteiger partial charge is 0.341 e. The van der Waals surface area contributed by atoms with Gasteiger partial charge in [0, 0.05) is 24.5 Å². The molecule has 1 N–H and O–H groups in total. The molecule has 0 aliphatic rings. The number of halogens is 1. The highest BCUT2D eigenvalue weighted by Crippen LogP contribution is 2.21. The number of carboxylic acid groups (broad SMARTS) is 1. The van der Waals surface area contributed by atoms with E-state index in [-0.39, 0.29) is 6.61 Å². The lowest BCUT2D eigenvalue weighted by Crippen LogP contribution is -2.31. The van der Waals surface area contributed by atoms with Gasteiger partial charge in [-0.05, 0) is 48.2 Å². The fourth-order valence-corrected chi connectivity index (χ4v) is 3.31. The van der Waals surface area contributed by atoms with Gasteiger partial charge in [0.05, 0.1) is 5.70 Å². The molecule has 0 bridgehead atoms. The third kappa shape index (κ3) is 7.85. The zero-order valence-electron chi connectivity index (χ0n) is 18.8. The summed E-state index contributed by atoms with van der Waals surface area (Å²) in [5.41, 5.74) is 3.51. The SMILES string of the molecule is C=C(N=CN=C(CC)N(CCC)Cc1ccc(OCC(=O)O)c(C)c1)c1ccc(Cl)cc1. The van der Waals surface area contributed by atoms with Crippen LogP contribution in [-0.2, 0) is 11.3 Å². The third-order valence-corrected chi connectivity index (χ3v) is 4.99. The van der Waals surface area contributed by atoms with Crippen LogP contribution in [0.15, 0.2) is 59.0 Å². The number of carbonyl (C=O) groups is 1. The highest BCUT2D eigenvalue weighted by Gasteiger charge is 2.11. The fourth-order valence-electron chi connectivity index (χ4n) is 3.18. The van der Waals surface area contributed by atoms with E-state index in [9.17, 15) is 4.79 Å². The quantitative estimate of drug-likeness (QED) is 0.341. The number of nitrogens with zero attached hydrogens (tertiary/aromatic N) is 3. The number of carboxylic acids is 1. The monoisotopic (exact) mass is 455 g/mol. The average Bonchev–Trinajstić information content (AvgIpc) is 2.76. The largest absolute Gasteiger partial charge is 0.482 e. The Morgan fingerprint density at radius 3 is 2.53 bits per heavy atom. The summed E-state index contributed by atoms with van der Waals surface area (Å²) in [4.78, 5) is 21.9. The van der Waals surface area contributed by atoms with Crippen molar-refractivity contribution < 1.29 is 14.6 Å². The highest BCUT2D eigenvalue weighted by atomic mass is 35.5. The summed E-state index contributed by atoms with van der Waals surface area (Å²) in [6, 6.07) is 13.2. The summed E-state index contributed by atoms with van der Waals surface area (Å²) >= 11 is 5.93. The predicted molar refractivity (Wildman–Crippen MR) is 132 cm³/mol. The Balaban J connectivity index is 2.12. The summed E-state index contributed by atoms with van der Waals surface area (Å²) in [7, 11) is 0. The number of ether oxygens (including phenoxy) is 1. The van der Waals surface area contributed by atoms with Gasteiger partial charge in [0.25, 0.3) is 0 Å². The molecule has 0 aliphatic heterocycles. The molecule has 2 rings (SSSR count). The minimum Gasteiger partial charge on any atom is -0.482 e. The second-order valence-electron chi connectivity index (χ2n) is 7.30. The number of aliphatic imine (C=N–C) groups is 2. The second kappa shape index (κ2) is 12.7. The van der Waals surface area contributed by atoms with Crippen molar-refractivity contribution in [1.29, 1.82) is 0 Å². The third-order valence-electron chi connectivity index (χ3n) is 4.74. The molecule has 0 heterocycles. The van der Waals surface area contributed by atoms with Crippen LogP contribution in [0, 0.1) is 6.92 Å². The van der Waals surface area contributed by atoms with Crippen molar-refractivity contribution in [2.75, 3.05) is 13.2 Å². The Hall–Kier alpha value is -3.12. The first kappa shape index (κ1) is 25.1. The van der Waals surface area contributed by atoms with Crippen LogP contribution >= 0.6 is 11.6 Å². The van der Waals surface area contributed by atoms with Crippen molar-refractivity contribution in [2.24, 2.45) is 9.98 Å². The van der Waals surface area contributed by atoms with Crippen LogP contribution in [0.4, 0.5) is 0 Å². The van der Waals surface area contributed by atoms with E-state index in [0.717, 1.165) is 41.9 Å². The zero-order chi connectivity index (χ0) is 23.5. The summed E-state index contributed by atoms with van der Waals surface area (Å²) < 4.78 is 5.32. The molecule has 0 atom stereocenters. The highest BCUT2D eigenvalue weighted by molar-refractivity contribution is 6.30. The van der Waals surface area contributed by atoms with Crippen molar-refractivity contribution in [3.63, 3.8) is 0 Å². The molecule has 2 aromatic rings. The lowest BCUT2D eigenvalue weighted by Gasteiger charge is -2.25. The molecule has 6 nitrogen and oxygen atoms in total. The van der Waals surface area contributed by atoms with Crippen LogP contribution in [0.25, 0.3) is 5.70 Å². The second-order valence-corrected chi connectivity index (χ2v) is 7.74. The van der Waals surface area contributed by atoms with Gasteiger partial charge in [-0.3, -0.25) is 0 Å². The molecule has 0 aliphatic carbocycles. The van der Waals surface area contributed by atoms with E-state index in [1.165, 1.54) is 0 Å². The predicted octanol–water partition coefficient (Wildman–Crippen LogP) is 5.83. The first-order valence-electron chi connectivity index (χ1n) is 10.6. The molecule has 0 unspecified atom stereocenters. The molecule has 0 saturated carbocycles. The molecule has 7 heteroatoms. The Morgan fingerprint density at radius 1 is 1.22 bits per heavy atom. The van der Waals surface area contributed by atoms with E-state index in [4.69, 9.17) is 21.4 Å². The van der Waals surface area contributed by atoms with Gasteiger partial charge in [-0.1, -0.05) is 56.3 Å². The Bertz CT molecular complexity index is 984. The molecule has 2 aromatic carbocycles. The molecule has 32 heavy (non-hydrogen) atoms. The van der Waals surface area contributed by atoms with E-state index in [0.29, 0.717) is 23.0 Å². The summed E-state index contributed by atoms with van der Waals surface area (Å²) in [5.74, 6) is 0.519. The Labute approximate surface area is 194 Å². The molecule has 0 fully saturated rings. The van der Waals surface area contributed by atoms with Crippen LogP contribution < -0.4 is 4.74 Å². The lowest BCUT2D eigenvalue weighted by molar-refractivity contribution is -0.139. The van der Waals surface area contributed by atoms with E-state index < -0.39 is 5.97 Å². The van der Waals surface area contributed by atoms with Crippen molar-refractivity contribution >= 4 is 35.4 Å².